The number of nitrogens with two attached hydrogens (primary N) is 1. The monoisotopic (exact) mass is 416 g/mol. The van der Waals surface area contributed by atoms with Gasteiger partial charge in [-0.15, -0.1) is 4.73 Å². The van der Waals surface area contributed by atoms with Crippen molar-refractivity contribution >= 4 is 34.5 Å². The fraction of sp³-hybridized carbons (Fsp3) is 0.263. The summed E-state index contributed by atoms with van der Waals surface area (Å²) in [6, 6.07) is 6.11. The fourth-order valence-electron chi connectivity index (χ4n) is 2.79. The van der Waals surface area contributed by atoms with E-state index in [2.05, 4.69) is 15.3 Å². The number of fused-ring (bicyclic) bond motifs is 1. The zero-order chi connectivity index (χ0) is 21.1. The molecular weight excluding hydrogens is 396 g/mol. The summed E-state index contributed by atoms with van der Waals surface area (Å²) < 4.78 is 1.07. The van der Waals surface area contributed by atoms with Crippen LogP contribution < -0.4 is 21.4 Å². The lowest BCUT2D eigenvalue weighted by atomic mass is 10.0. The van der Waals surface area contributed by atoms with Crippen molar-refractivity contribution in [2.24, 2.45) is 5.73 Å². The van der Waals surface area contributed by atoms with Crippen molar-refractivity contribution in [3.8, 4) is 11.1 Å². The Hall–Kier alpha value is -3.17. The Balaban J connectivity index is 2.12. The van der Waals surface area contributed by atoms with Gasteiger partial charge in [-0.2, -0.15) is 4.98 Å². The van der Waals surface area contributed by atoms with Gasteiger partial charge in [-0.1, -0.05) is 11.6 Å². The van der Waals surface area contributed by atoms with Gasteiger partial charge in [0.2, 0.25) is 11.9 Å². The number of rotatable bonds is 7. The summed E-state index contributed by atoms with van der Waals surface area (Å²) in [5, 5.41) is 3.98. The maximum Gasteiger partial charge on any atom is 0.293 e. The SMILES string of the molecule is COn1c(=O)c(-c2cc(C(N)=O)ccc2Cl)cc2cnc(NCCN(C)C)nc21. The van der Waals surface area contributed by atoms with Crippen LogP contribution in [0.4, 0.5) is 5.95 Å². The summed E-state index contributed by atoms with van der Waals surface area (Å²) in [5.74, 6) is -0.237. The molecule has 0 saturated carbocycles. The molecule has 3 aromatic rings. The van der Waals surface area contributed by atoms with Crippen LogP contribution in [0, 0.1) is 0 Å². The van der Waals surface area contributed by atoms with Gasteiger partial charge in [0.15, 0.2) is 5.65 Å². The van der Waals surface area contributed by atoms with Crippen molar-refractivity contribution in [2.75, 3.05) is 39.6 Å². The number of nitrogens with one attached hydrogen (secondary N) is 1. The molecule has 3 rings (SSSR count). The number of likely N-dealkylation sites (N-methyl/N-ethyl adjacent to an activating group) is 1. The number of primary amides is 1. The number of aromatic nitrogens is 3. The Bertz CT molecular complexity index is 1130. The summed E-state index contributed by atoms with van der Waals surface area (Å²) >= 11 is 6.28. The summed E-state index contributed by atoms with van der Waals surface area (Å²) in [5.41, 5.74) is 6.04. The molecule has 29 heavy (non-hydrogen) atoms. The average molecular weight is 417 g/mol. The molecule has 0 saturated heterocycles. The summed E-state index contributed by atoms with van der Waals surface area (Å²) in [6.07, 6.45) is 1.59. The van der Waals surface area contributed by atoms with E-state index in [0.29, 0.717) is 34.1 Å². The number of hydrogen-bond donors (Lipinski definition) is 2. The van der Waals surface area contributed by atoms with E-state index in [9.17, 15) is 9.59 Å². The molecule has 1 aromatic carbocycles. The first-order valence-corrected chi connectivity index (χ1v) is 9.15. The number of amides is 1. The Labute approximate surface area is 172 Å². The average Bonchev–Trinajstić information content (AvgIpc) is 2.67. The highest BCUT2D eigenvalue weighted by molar-refractivity contribution is 6.33. The van der Waals surface area contributed by atoms with Gasteiger partial charge in [0.25, 0.3) is 5.56 Å². The largest absolute Gasteiger partial charge is 0.412 e. The van der Waals surface area contributed by atoms with Gasteiger partial charge in [0.1, 0.15) is 7.11 Å². The highest BCUT2D eigenvalue weighted by Crippen LogP contribution is 2.28. The van der Waals surface area contributed by atoms with Crippen LogP contribution in [0.15, 0.2) is 35.3 Å². The highest BCUT2D eigenvalue weighted by Gasteiger charge is 2.17. The van der Waals surface area contributed by atoms with Gasteiger partial charge in [0, 0.05) is 40.8 Å². The Kier molecular flexibility index (Phi) is 6.00. The maximum absolute atomic E-state index is 13.0. The molecular formula is C19H21ClN6O3. The zero-order valence-electron chi connectivity index (χ0n) is 16.3. The molecule has 1 amide bonds. The van der Waals surface area contributed by atoms with Crippen LogP contribution >= 0.6 is 11.6 Å². The van der Waals surface area contributed by atoms with Gasteiger partial charge in [-0.25, -0.2) is 4.98 Å². The van der Waals surface area contributed by atoms with E-state index in [0.717, 1.165) is 11.3 Å². The van der Waals surface area contributed by atoms with Crippen molar-refractivity contribution in [3.63, 3.8) is 0 Å². The molecule has 9 nitrogen and oxygen atoms in total. The van der Waals surface area contributed by atoms with Crippen molar-refractivity contribution < 1.29 is 9.63 Å². The minimum absolute atomic E-state index is 0.240. The summed E-state index contributed by atoms with van der Waals surface area (Å²) in [6.45, 7) is 1.44. The van der Waals surface area contributed by atoms with E-state index < -0.39 is 11.5 Å². The molecule has 0 bridgehead atoms. The second-order valence-electron chi connectivity index (χ2n) is 6.60. The number of hydrogen-bond acceptors (Lipinski definition) is 7. The number of anilines is 1. The number of benzene rings is 1. The number of carbonyl (C=O) groups is 1. The summed E-state index contributed by atoms with van der Waals surface area (Å²) in [4.78, 5) is 40.6. The minimum Gasteiger partial charge on any atom is -0.412 e. The fourth-order valence-corrected chi connectivity index (χ4v) is 3.01. The predicted octanol–water partition coefficient (Wildman–Crippen LogP) is 1.24. The van der Waals surface area contributed by atoms with E-state index in [4.69, 9.17) is 22.2 Å². The second kappa shape index (κ2) is 8.46. The Morgan fingerprint density at radius 2 is 2.07 bits per heavy atom. The quantitative estimate of drug-likeness (QED) is 0.595. The standard InChI is InChI=1S/C19H21ClN6O3/c1-25(2)7-6-22-19-23-10-12-9-14(18(28)26(29-3)17(12)24-19)13-8-11(16(21)27)4-5-15(13)20/h4-5,8-10H,6-7H2,1-3H3,(H2,21,27)(H,22,23,24). The van der Waals surface area contributed by atoms with Crippen LogP contribution in [0.2, 0.25) is 5.02 Å². The van der Waals surface area contributed by atoms with Crippen molar-refractivity contribution in [1.29, 1.82) is 0 Å². The molecule has 0 aliphatic rings. The molecule has 2 aromatic heterocycles. The van der Waals surface area contributed by atoms with Crippen LogP contribution in [-0.4, -0.2) is 59.8 Å². The number of nitrogens with zero attached hydrogens (tertiary/aromatic N) is 4. The van der Waals surface area contributed by atoms with Crippen molar-refractivity contribution in [3.05, 3.63) is 51.4 Å². The van der Waals surface area contributed by atoms with Crippen molar-refractivity contribution in [2.45, 2.75) is 0 Å². The first-order chi connectivity index (χ1) is 13.8. The first-order valence-electron chi connectivity index (χ1n) is 8.77. The topological polar surface area (TPSA) is 115 Å². The van der Waals surface area contributed by atoms with Gasteiger partial charge >= 0.3 is 0 Å². The normalized spacial score (nSPS) is 11.1. The molecule has 0 radical (unpaired) electrons. The number of carbonyl (C=O) groups excluding carboxylic acids is 1. The molecule has 3 N–H and O–H groups in total. The molecule has 0 unspecified atom stereocenters. The molecule has 0 aliphatic carbocycles. The third-order valence-electron chi connectivity index (χ3n) is 4.27. The first kappa shape index (κ1) is 20.6. The lowest BCUT2D eigenvalue weighted by Crippen LogP contribution is -2.28. The van der Waals surface area contributed by atoms with E-state index in [1.807, 2.05) is 19.0 Å². The van der Waals surface area contributed by atoms with Crippen LogP contribution in [0.5, 0.6) is 0 Å². The molecule has 2 heterocycles. The molecule has 152 valence electrons. The second-order valence-corrected chi connectivity index (χ2v) is 7.01. The van der Waals surface area contributed by atoms with E-state index in [1.54, 1.807) is 12.3 Å². The zero-order valence-corrected chi connectivity index (χ0v) is 17.0. The molecule has 0 fully saturated rings. The third kappa shape index (κ3) is 4.30. The van der Waals surface area contributed by atoms with Crippen LogP contribution in [0.1, 0.15) is 10.4 Å². The third-order valence-corrected chi connectivity index (χ3v) is 4.60. The minimum atomic E-state index is -0.618. The van der Waals surface area contributed by atoms with Crippen LogP contribution in [0.25, 0.3) is 22.2 Å². The van der Waals surface area contributed by atoms with Crippen molar-refractivity contribution in [1.82, 2.24) is 19.6 Å². The van der Waals surface area contributed by atoms with E-state index in [-0.39, 0.29) is 11.1 Å². The van der Waals surface area contributed by atoms with Gasteiger partial charge in [0.05, 0.1) is 5.56 Å². The van der Waals surface area contributed by atoms with E-state index in [1.165, 1.54) is 25.3 Å². The maximum atomic E-state index is 13.0. The lowest BCUT2D eigenvalue weighted by Gasteiger charge is -2.13. The van der Waals surface area contributed by atoms with E-state index >= 15 is 0 Å². The lowest BCUT2D eigenvalue weighted by molar-refractivity contribution is 0.100. The smallest absolute Gasteiger partial charge is 0.293 e. The highest BCUT2D eigenvalue weighted by atomic mass is 35.5. The van der Waals surface area contributed by atoms with Crippen LogP contribution in [-0.2, 0) is 0 Å². The number of pyridine rings is 1. The van der Waals surface area contributed by atoms with Crippen LogP contribution in [0.3, 0.4) is 0 Å². The van der Waals surface area contributed by atoms with Gasteiger partial charge in [-0.3, -0.25) is 9.59 Å². The summed E-state index contributed by atoms with van der Waals surface area (Å²) in [7, 11) is 5.30. The van der Waals surface area contributed by atoms with Gasteiger partial charge in [-0.05, 0) is 38.4 Å². The molecule has 10 heteroatoms. The molecule has 0 atom stereocenters. The Morgan fingerprint density at radius 1 is 1.31 bits per heavy atom. The molecule has 0 aliphatic heterocycles. The van der Waals surface area contributed by atoms with Gasteiger partial charge < -0.3 is 20.8 Å². The number of halogens is 1. The Morgan fingerprint density at radius 3 is 2.72 bits per heavy atom. The predicted molar refractivity (Wildman–Crippen MR) is 112 cm³/mol. The molecule has 0 spiro atoms.